The van der Waals surface area contributed by atoms with Gasteiger partial charge in [-0.25, -0.2) is 4.79 Å². The standard InChI is InChI=1S/C16H22N2O3/c1-2-3-12-6-8-14(9-7-12)17-16(21)18(11-15(19)20)10-13-4-5-13/h6-9,13H,2-5,10-11H2,1H3,(H,17,21)(H,19,20). The first-order chi connectivity index (χ1) is 10.1. The van der Waals surface area contributed by atoms with Crippen LogP contribution in [0.4, 0.5) is 10.5 Å². The molecule has 5 heteroatoms. The van der Waals surface area contributed by atoms with Crippen LogP contribution in [0.3, 0.4) is 0 Å². The Labute approximate surface area is 125 Å². The highest BCUT2D eigenvalue weighted by Gasteiger charge is 2.27. The summed E-state index contributed by atoms with van der Waals surface area (Å²) in [7, 11) is 0. The van der Waals surface area contributed by atoms with E-state index in [1.54, 1.807) is 0 Å². The molecule has 2 N–H and O–H groups in total. The number of nitrogens with one attached hydrogen (secondary N) is 1. The van der Waals surface area contributed by atoms with Gasteiger partial charge in [-0.05, 0) is 42.9 Å². The second kappa shape index (κ2) is 7.11. The highest BCUT2D eigenvalue weighted by Crippen LogP contribution is 2.29. The Morgan fingerprint density at radius 1 is 1.29 bits per heavy atom. The molecule has 0 radical (unpaired) electrons. The highest BCUT2D eigenvalue weighted by molar-refractivity contribution is 5.91. The number of amides is 2. The first-order valence-corrected chi connectivity index (χ1v) is 7.45. The van der Waals surface area contributed by atoms with E-state index in [4.69, 9.17) is 5.11 Å². The first kappa shape index (κ1) is 15.4. The van der Waals surface area contributed by atoms with Crippen LogP contribution in [0, 0.1) is 5.92 Å². The molecule has 0 spiro atoms. The number of benzene rings is 1. The van der Waals surface area contributed by atoms with Crippen LogP contribution in [-0.2, 0) is 11.2 Å². The summed E-state index contributed by atoms with van der Waals surface area (Å²) in [6.07, 6.45) is 4.25. The number of aliphatic carboxylic acids is 1. The number of hydrogen-bond donors (Lipinski definition) is 2. The molecule has 0 aliphatic heterocycles. The number of hydrogen-bond acceptors (Lipinski definition) is 2. The fraction of sp³-hybridized carbons (Fsp3) is 0.500. The Balaban J connectivity index is 1.94. The van der Waals surface area contributed by atoms with Gasteiger partial charge in [-0.1, -0.05) is 25.5 Å². The van der Waals surface area contributed by atoms with Gasteiger partial charge in [0.25, 0.3) is 0 Å². The smallest absolute Gasteiger partial charge is 0.323 e. The molecule has 5 nitrogen and oxygen atoms in total. The van der Waals surface area contributed by atoms with Crippen LogP contribution in [0.15, 0.2) is 24.3 Å². The molecule has 0 atom stereocenters. The summed E-state index contributed by atoms with van der Waals surface area (Å²) in [5, 5.41) is 11.7. The second-order valence-electron chi connectivity index (χ2n) is 5.59. The number of rotatable bonds is 7. The third-order valence-electron chi connectivity index (χ3n) is 3.53. The third-order valence-corrected chi connectivity index (χ3v) is 3.53. The molecule has 2 amide bonds. The average molecular weight is 290 g/mol. The van der Waals surface area contributed by atoms with Crippen molar-refractivity contribution in [3.05, 3.63) is 29.8 Å². The number of carbonyl (C=O) groups is 2. The summed E-state index contributed by atoms with van der Waals surface area (Å²) in [6, 6.07) is 7.36. The molecule has 0 heterocycles. The minimum atomic E-state index is -0.982. The number of carboxylic acids is 1. The molecule has 0 bridgehead atoms. The lowest BCUT2D eigenvalue weighted by Crippen LogP contribution is -2.40. The van der Waals surface area contributed by atoms with Crippen LogP contribution in [-0.4, -0.2) is 35.1 Å². The maximum Gasteiger partial charge on any atom is 0.323 e. The molecule has 1 aliphatic rings. The number of carboxylic acid groups (broad SMARTS) is 1. The highest BCUT2D eigenvalue weighted by atomic mass is 16.4. The van der Waals surface area contributed by atoms with Crippen molar-refractivity contribution < 1.29 is 14.7 Å². The normalized spacial score (nSPS) is 13.8. The molecular weight excluding hydrogens is 268 g/mol. The summed E-state index contributed by atoms with van der Waals surface area (Å²) < 4.78 is 0. The zero-order valence-corrected chi connectivity index (χ0v) is 12.3. The fourth-order valence-corrected chi connectivity index (χ4v) is 2.24. The van der Waals surface area contributed by atoms with Gasteiger partial charge >= 0.3 is 12.0 Å². The van der Waals surface area contributed by atoms with Gasteiger partial charge in [-0.3, -0.25) is 4.79 Å². The zero-order chi connectivity index (χ0) is 15.2. The molecule has 1 aromatic rings. The topological polar surface area (TPSA) is 69.6 Å². The molecule has 2 rings (SSSR count). The van der Waals surface area contributed by atoms with Gasteiger partial charge in [0.2, 0.25) is 0 Å². The van der Waals surface area contributed by atoms with E-state index >= 15 is 0 Å². The Kier molecular flexibility index (Phi) is 5.20. The predicted molar refractivity (Wildman–Crippen MR) is 81.4 cm³/mol. The summed E-state index contributed by atoms with van der Waals surface area (Å²) >= 11 is 0. The quantitative estimate of drug-likeness (QED) is 0.811. The van der Waals surface area contributed by atoms with Crippen LogP contribution >= 0.6 is 0 Å². The molecular formula is C16H22N2O3. The van der Waals surface area contributed by atoms with E-state index in [1.165, 1.54) is 10.5 Å². The zero-order valence-electron chi connectivity index (χ0n) is 12.3. The van der Waals surface area contributed by atoms with Gasteiger partial charge in [-0.15, -0.1) is 0 Å². The fourth-order valence-electron chi connectivity index (χ4n) is 2.24. The number of nitrogens with zero attached hydrogens (tertiary/aromatic N) is 1. The maximum absolute atomic E-state index is 12.2. The van der Waals surface area contributed by atoms with Crippen molar-refractivity contribution in [1.29, 1.82) is 0 Å². The van der Waals surface area contributed by atoms with Gasteiger partial charge in [0.05, 0.1) is 0 Å². The van der Waals surface area contributed by atoms with E-state index in [2.05, 4.69) is 12.2 Å². The molecule has 0 aromatic heterocycles. The number of urea groups is 1. The summed E-state index contributed by atoms with van der Waals surface area (Å²) in [5.41, 5.74) is 1.93. The van der Waals surface area contributed by atoms with E-state index in [0.717, 1.165) is 25.7 Å². The maximum atomic E-state index is 12.2. The lowest BCUT2D eigenvalue weighted by Gasteiger charge is -2.21. The number of aryl methyl sites for hydroxylation is 1. The molecule has 1 saturated carbocycles. The minimum absolute atomic E-state index is 0.254. The van der Waals surface area contributed by atoms with E-state index in [1.807, 2.05) is 24.3 Å². The molecule has 1 aliphatic carbocycles. The van der Waals surface area contributed by atoms with Crippen LogP contribution < -0.4 is 5.32 Å². The van der Waals surface area contributed by atoms with Crippen LogP contribution in [0.1, 0.15) is 31.7 Å². The van der Waals surface area contributed by atoms with E-state index in [-0.39, 0.29) is 12.6 Å². The van der Waals surface area contributed by atoms with E-state index in [9.17, 15) is 9.59 Å². The first-order valence-electron chi connectivity index (χ1n) is 7.45. The van der Waals surface area contributed by atoms with Crippen molar-refractivity contribution in [2.24, 2.45) is 5.92 Å². The van der Waals surface area contributed by atoms with Crippen molar-refractivity contribution in [1.82, 2.24) is 4.90 Å². The molecule has 0 unspecified atom stereocenters. The van der Waals surface area contributed by atoms with Gasteiger partial charge in [-0.2, -0.15) is 0 Å². The van der Waals surface area contributed by atoms with Gasteiger partial charge < -0.3 is 15.3 Å². The lowest BCUT2D eigenvalue weighted by atomic mass is 10.1. The summed E-state index contributed by atoms with van der Waals surface area (Å²) in [5.74, 6) is -0.522. The van der Waals surface area contributed by atoms with Crippen molar-refractivity contribution in [3.8, 4) is 0 Å². The Bertz CT molecular complexity index is 495. The Morgan fingerprint density at radius 3 is 2.48 bits per heavy atom. The van der Waals surface area contributed by atoms with Gasteiger partial charge in [0.15, 0.2) is 0 Å². The number of anilines is 1. The largest absolute Gasteiger partial charge is 0.480 e. The second-order valence-corrected chi connectivity index (χ2v) is 5.59. The van der Waals surface area contributed by atoms with Gasteiger partial charge in [0.1, 0.15) is 6.54 Å². The third kappa shape index (κ3) is 5.10. The van der Waals surface area contributed by atoms with Crippen LogP contribution in [0.2, 0.25) is 0 Å². The van der Waals surface area contributed by atoms with Crippen molar-refractivity contribution in [2.45, 2.75) is 32.6 Å². The molecule has 21 heavy (non-hydrogen) atoms. The lowest BCUT2D eigenvalue weighted by molar-refractivity contribution is -0.137. The predicted octanol–water partition coefficient (Wildman–Crippen LogP) is 2.97. The molecule has 1 fully saturated rings. The van der Waals surface area contributed by atoms with E-state index < -0.39 is 5.97 Å². The van der Waals surface area contributed by atoms with Crippen molar-refractivity contribution in [3.63, 3.8) is 0 Å². The monoisotopic (exact) mass is 290 g/mol. The van der Waals surface area contributed by atoms with E-state index in [0.29, 0.717) is 18.2 Å². The molecule has 114 valence electrons. The minimum Gasteiger partial charge on any atom is -0.480 e. The molecule has 1 aromatic carbocycles. The Morgan fingerprint density at radius 2 is 1.95 bits per heavy atom. The molecule has 0 saturated heterocycles. The summed E-state index contributed by atoms with van der Waals surface area (Å²) in [6.45, 7) is 2.39. The van der Waals surface area contributed by atoms with Crippen LogP contribution in [0.25, 0.3) is 0 Å². The van der Waals surface area contributed by atoms with Crippen molar-refractivity contribution in [2.75, 3.05) is 18.4 Å². The van der Waals surface area contributed by atoms with Gasteiger partial charge in [0, 0.05) is 12.2 Å². The average Bonchev–Trinajstić information content (AvgIpc) is 3.24. The number of carbonyl (C=O) groups excluding carboxylic acids is 1. The Hall–Kier alpha value is -2.04. The van der Waals surface area contributed by atoms with Crippen molar-refractivity contribution >= 4 is 17.7 Å². The SMILES string of the molecule is CCCc1ccc(NC(=O)N(CC(=O)O)CC2CC2)cc1. The van der Waals surface area contributed by atoms with Crippen LogP contribution in [0.5, 0.6) is 0 Å². The summed E-state index contributed by atoms with van der Waals surface area (Å²) in [4.78, 5) is 24.4.